The molecule has 0 aliphatic rings. The Labute approximate surface area is 163 Å². The highest BCUT2D eigenvalue weighted by Crippen LogP contribution is 2.34. The van der Waals surface area contributed by atoms with Gasteiger partial charge in [0.1, 0.15) is 22.1 Å². The van der Waals surface area contributed by atoms with E-state index in [0.29, 0.717) is 17.2 Å². The molecule has 3 rings (SSSR count). The molecule has 0 aromatic carbocycles. The van der Waals surface area contributed by atoms with Crippen LogP contribution in [0.3, 0.4) is 0 Å². The Morgan fingerprint density at radius 3 is 2.43 bits per heavy atom. The molecule has 3 aromatic heterocycles. The maximum Gasteiger partial charge on any atom is 0.224 e. The van der Waals surface area contributed by atoms with Gasteiger partial charge in [0.25, 0.3) is 0 Å². The number of pyridine rings is 2. The summed E-state index contributed by atoms with van der Waals surface area (Å²) in [7, 11) is 1.24. The van der Waals surface area contributed by atoms with Crippen LogP contribution in [0.1, 0.15) is 20.8 Å². The number of rotatable bonds is 4. The number of nitrogens with zero attached hydrogens (tertiary/aromatic N) is 4. The molecule has 0 spiro atoms. The van der Waals surface area contributed by atoms with E-state index in [2.05, 4.69) is 9.97 Å². The van der Waals surface area contributed by atoms with E-state index in [4.69, 9.17) is 4.74 Å². The number of imidazole rings is 1. The van der Waals surface area contributed by atoms with E-state index < -0.39 is 20.5 Å². The molecule has 0 atom stereocenters. The fourth-order valence-electron chi connectivity index (χ4n) is 2.74. The molecule has 0 unspecified atom stereocenters. The molecule has 150 valence electrons. The van der Waals surface area contributed by atoms with E-state index in [1.165, 1.54) is 30.0 Å². The van der Waals surface area contributed by atoms with Crippen LogP contribution in [0.15, 0.2) is 35.5 Å². The van der Waals surface area contributed by atoms with Gasteiger partial charge in [-0.1, -0.05) is 0 Å². The van der Waals surface area contributed by atoms with Crippen molar-refractivity contribution in [3.8, 4) is 17.0 Å². The quantitative estimate of drug-likeness (QED) is 0.620. The van der Waals surface area contributed by atoms with Crippen LogP contribution < -0.4 is 9.64 Å². The predicted molar refractivity (Wildman–Crippen MR) is 106 cm³/mol. The van der Waals surface area contributed by atoms with Crippen molar-refractivity contribution in [1.29, 1.82) is 0 Å². The minimum atomic E-state index is -3.71. The van der Waals surface area contributed by atoms with Gasteiger partial charge < -0.3 is 9.64 Å². The standard InChI is InChI=1S/C19H23FN4O3S/c1-19(2,3)28(25,26)15-11-24-13(10-21-17(24)9-14(15)27-6)12-7-8-16(23(4)5)22-18(12)20/h7-11H,1-6H3. The zero-order valence-corrected chi connectivity index (χ0v) is 17.5. The van der Waals surface area contributed by atoms with Gasteiger partial charge in [0.05, 0.1) is 29.3 Å². The van der Waals surface area contributed by atoms with Crippen molar-refractivity contribution in [3.05, 3.63) is 36.5 Å². The lowest BCUT2D eigenvalue weighted by atomic mass is 10.2. The third-order valence-corrected chi connectivity index (χ3v) is 6.96. The van der Waals surface area contributed by atoms with Gasteiger partial charge in [-0.3, -0.25) is 4.40 Å². The minimum Gasteiger partial charge on any atom is -0.495 e. The van der Waals surface area contributed by atoms with E-state index in [1.807, 2.05) is 0 Å². The summed E-state index contributed by atoms with van der Waals surface area (Å²) in [5.74, 6) is 0.0120. The number of methoxy groups -OCH3 is 1. The lowest BCUT2D eigenvalue weighted by Crippen LogP contribution is -2.28. The van der Waals surface area contributed by atoms with E-state index in [1.54, 1.807) is 51.9 Å². The molecule has 3 heterocycles. The number of halogens is 1. The predicted octanol–water partition coefficient (Wildman–Crippen LogP) is 3.18. The fourth-order valence-corrected chi connectivity index (χ4v) is 4.05. The van der Waals surface area contributed by atoms with Crippen molar-refractivity contribution < 1.29 is 17.5 Å². The van der Waals surface area contributed by atoms with E-state index >= 15 is 0 Å². The summed E-state index contributed by atoms with van der Waals surface area (Å²) in [6.45, 7) is 4.85. The Hall–Kier alpha value is -2.68. The summed E-state index contributed by atoms with van der Waals surface area (Å²) in [6, 6.07) is 4.82. The SMILES string of the molecule is COc1cc2ncc(-c3ccc(N(C)C)nc3F)n2cc1S(=O)(=O)C(C)(C)C. The first-order valence-electron chi connectivity index (χ1n) is 8.61. The highest BCUT2D eigenvalue weighted by atomic mass is 32.2. The molecule has 0 saturated carbocycles. The molecule has 0 bridgehead atoms. The zero-order chi connectivity index (χ0) is 20.9. The number of anilines is 1. The van der Waals surface area contributed by atoms with Gasteiger partial charge in [0.15, 0.2) is 9.84 Å². The Bertz CT molecular complexity index is 1150. The van der Waals surface area contributed by atoms with Crippen molar-refractivity contribution in [2.75, 3.05) is 26.1 Å². The maximum absolute atomic E-state index is 14.6. The first-order chi connectivity index (χ1) is 13.0. The van der Waals surface area contributed by atoms with Crippen LogP contribution in [0.2, 0.25) is 0 Å². The second-order valence-corrected chi connectivity index (χ2v) is 10.3. The summed E-state index contributed by atoms with van der Waals surface area (Å²) < 4.78 is 46.5. The monoisotopic (exact) mass is 406 g/mol. The average Bonchev–Trinajstić information content (AvgIpc) is 3.02. The summed E-state index contributed by atoms with van der Waals surface area (Å²) in [4.78, 5) is 9.94. The Morgan fingerprint density at radius 1 is 1.21 bits per heavy atom. The van der Waals surface area contributed by atoms with Gasteiger partial charge in [0.2, 0.25) is 5.95 Å². The number of ether oxygens (including phenoxy) is 1. The van der Waals surface area contributed by atoms with Crippen LogP contribution in [0.5, 0.6) is 5.75 Å². The van der Waals surface area contributed by atoms with Gasteiger partial charge in [-0.25, -0.2) is 18.4 Å². The van der Waals surface area contributed by atoms with Crippen LogP contribution in [-0.4, -0.2) is 48.7 Å². The summed E-state index contributed by atoms with van der Waals surface area (Å²) in [5, 5.41) is 0. The first kappa shape index (κ1) is 20.1. The molecule has 9 heteroatoms. The summed E-state index contributed by atoms with van der Waals surface area (Å²) in [6.07, 6.45) is 2.91. The van der Waals surface area contributed by atoms with Crippen LogP contribution in [0.4, 0.5) is 10.2 Å². The zero-order valence-electron chi connectivity index (χ0n) is 16.7. The Morgan fingerprint density at radius 2 is 1.89 bits per heavy atom. The number of aromatic nitrogens is 3. The van der Waals surface area contributed by atoms with Gasteiger partial charge in [-0.05, 0) is 32.9 Å². The second kappa shape index (κ2) is 6.73. The lowest BCUT2D eigenvalue weighted by Gasteiger charge is -2.21. The van der Waals surface area contributed by atoms with Crippen molar-refractivity contribution >= 4 is 21.3 Å². The second-order valence-electron chi connectivity index (χ2n) is 7.60. The van der Waals surface area contributed by atoms with Crippen LogP contribution in [-0.2, 0) is 9.84 Å². The van der Waals surface area contributed by atoms with Gasteiger partial charge >= 0.3 is 0 Å². The Kier molecular flexibility index (Phi) is 4.82. The highest BCUT2D eigenvalue weighted by Gasteiger charge is 2.34. The fraction of sp³-hybridized carbons (Fsp3) is 0.368. The molecule has 0 saturated heterocycles. The number of fused-ring (bicyclic) bond motifs is 1. The Balaban J connectivity index is 2.27. The summed E-state index contributed by atoms with van der Waals surface area (Å²) >= 11 is 0. The third kappa shape index (κ3) is 3.19. The van der Waals surface area contributed by atoms with E-state index in [9.17, 15) is 12.8 Å². The molecule has 0 N–H and O–H groups in total. The van der Waals surface area contributed by atoms with E-state index in [-0.39, 0.29) is 16.2 Å². The van der Waals surface area contributed by atoms with Crippen molar-refractivity contribution in [3.63, 3.8) is 0 Å². The molecule has 0 fully saturated rings. The number of hydrogen-bond donors (Lipinski definition) is 0. The van der Waals surface area contributed by atoms with Gasteiger partial charge in [-0.2, -0.15) is 4.39 Å². The van der Waals surface area contributed by atoms with Gasteiger partial charge in [-0.15, -0.1) is 0 Å². The molecule has 0 aliphatic heterocycles. The maximum atomic E-state index is 14.6. The minimum absolute atomic E-state index is 0.0209. The smallest absolute Gasteiger partial charge is 0.224 e. The van der Waals surface area contributed by atoms with E-state index in [0.717, 1.165) is 0 Å². The molecular formula is C19H23FN4O3S. The molecular weight excluding hydrogens is 383 g/mol. The van der Waals surface area contributed by atoms with Crippen LogP contribution >= 0.6 is 0 Å². The molecule has 28 heavy (non-hydrogen) atoms. The average molecular weight is 406 g/mol. The van der Waals surface area contributed by atoms with Crippen molar-refractivity contribution in [2.24, 2.45) is 0 Å². The first-order valence-corrected chi connectivity index (χ1v) is 10.1. The lowest BCUT2D eigenvalue weighted by molar-refractivity contribution is 0.401. The third-order valence-electron chi connectivity index (χ3n) is 4.46. The van der Waals surface area contributed by atoms with Crippen molar-refractivity contribution in [2.45, 2.75) is 30.4 Å². The van der Waals surface area contributed by atoms with Crippen LogP contribution in [0.25, 0.3) is 16.9 Å². The molecule has 3 aromatic rings. The highest BCUT2D eigenvalue weighted by molar-refractivity contribution is 7.92. The topological polar surface area (TPSA) is 76.8 Å². The molecule has 0 amide bonds. The number of sulfone groups is 1. The normalized spacial score (nSPS) is 12.4. The summed E-state index contributed by atoms with van der Waals surface area (Å²) in [5.41, 5.74) is 1.07. The molecule has 0 aliphatic carbocycles. The number of hydrogen-bond acceptors (Lipinski definition) is 6. The van der Waals surface area contributed by atoms with Crippen molar-refractivity contribution in [1.82, 2.24) is 14.4 Å². The largest absolute Gasteiger partial charge is 0.495 e. The molecule has 0 radical (unpaired) electrons. The van der Waals surface area contributed by atoms with Gasteiger partial charge in [0, 0.05) is 26.4 Å². The van der Waals surface area contributed by atoms with Crippen LogP contribution in [0, 0.1) is 5.95 Å². The molecule has 7 nitrogen and oxygen atoms in total.